The number of carbonyl (C=O) groups is 1. The highest BCUT2D eigenvalue weighted by Gasteiger charge is 2.09. The molecule has 0 aliphatic heterocycles. The lowest BCUT2D eigenvalue weighted by molar-refractivity contribution is -0.113. The molecule has 0 unspecified atom stereocenters. The highest BCUT2D eigenvalue weighted by Crippen LogP contribution is 2.24. The van der Waals surface area contributed by atoms with Gasteiger partial charge in [0.15, 0.2) is 0 Å². The molecular weight excluding hydrogens is 304 g/mol. The van der Waals surface area contributed by atoms with Crippen LogP contribution in [0.1, 0.15) is 36.5 Å². The standard InChI is InChI=1S/C19H20N2OS/c1-14(2)17-8-3-4-9-18(17)21-19(22)13-23-12-16-7-5-6-15(10-16)11-20/h3-10,14H,12-13H2,1-2H3,(H,21,22). The van der Waals surface area contributed by atoms with Crippen LogP contribution in [0.15, 0.2) is 48.5 Å². The molecule has 0 fully saturated rings. The van der Waals surface area contributed by atoms with Gasteiger partial charge in [-0.05, 0) is 35.2 Å². The van der Waals surface area contributed by atoms with Crippen molar-refractivity contribution in [2.45, 2.75) is 25.5 Å². The number of rotatable bonds is 6. The van der Waals surface area contributed by atoms with Gasteiger partial charge in [-0.25, -0.2) is 0 Å². The van der Waals surface area contributed by atoms with E-state index in [4.69, 9.17) is 5.26 Å². The fraction of sp³-hybridized carbons (Fsp3) is 0.263. The molecule has 0 spiro atoms. The number of para-hydroxylation sites is 1. The molecule has 1 amide bonds. The van der Waals surface area contributed by atoms with Crippen molar-refractivity contribution in [3.63, 3.8) is 0 Å². The second-order valence-corrected chi connectivity index (χ2v) is 6.58. The number of nitriles is 1. The van der Waals surface area contributed by atoms with Crippen molar-refractivity contribution in [3.05, 3.63) is 65.2 Å². The van der Waals surface area contributed by atoms with Gasteiger partial charge >= 0.3 is 0 Å². The molecular formula is C19H20N2OS. The van der Waals surface area contributed by atoms with Crippen LogP contribution in [-0.4, -0.2) is 11.7 Å². The number of nitrogens with one attached hydrogen (secondary N) is 1. The first-order chi connectivity index (χ1) is 11.1. The van der Waals surface area contributed by atoms with Gasteiger partial charge in [0.2, 0.25) is 5.91 Å². The van der Waals surface area contributed by atoms with Gasteiger partial charge in [0, 0.05) is 11.4 Å². The summed E-state index contributed by atoms with van der Waals surface area (Å²) in [7, 11) is 0. The Labute approximate surface area is 141 Å². The van der Waals surface area contributed by atoms with Gasteiger partial charge in [0.05, 0.1) is 17.4 Å². The van der Waals surface area contributed by atoms with Gasteiger partial charge in [-0.3, -0.25) is 4.79 Å². The van der Waals surface area contributed by atoms with Gasteiger partial charge in [-0.2, -0.15) is 5.26 Å². The summed E-state index contributed by atoms with van der Waals surface area (Å²) in [5.74, 6) is 1.48. The number of carbonyl (C=O) groups excluding carboxylic acids is 1. The minimum absolute atomic E-state index is 0.000428. The maximum atomic E-state index is 12.1. The fourth-order valence-electron chi connectivity index (χ4n) is 2.29. The predicted octanol–water partition coefficient (Wildman–Crippen LogP) is 4.55. The highest BCUT2D eigenvalue weighted by molar-refractivity contribution is 7.99. The zero-order chi connectivity index (χ0) is 16.7. The Morgan fingerprint density at radius 2 is 2.00 bits per heavy atom. The summed E-state index contributed by atoms with van der Waals surface area (Å²) in [6, 6.07) is 17.5. The Morgan fingerprint density at radius 1 is 1.22 bits per heavy atom. The molecule has 118 valence electrons. The average molecular weight is 324 g/mol. The molecule has 2 rings (SSSR count). The van der Waals surface area contributed by atoms with Crippen LogP contribution in [0.25, 0.3) is 0 Å². The molecule has 0 aromatic heterocycles. The molecule has 0 radical (unpaired) electrons. The normalized spacial score (nSPS) is 10.3. The first-order valence-electron chi connectivity index (χ1n) is 7.55. The van der Waals surface area contributed by atoms with Crippen LogP contribution in [-0.2, 0) is 10.5 Å². The van der Waals surface area contributed by atoms with Crippen molar-refractivity contribution in [3.8, 4) is 6.07 Å². The lowest BCUT2D eigenvalue weighted by Crippen LogP contribution is -2.15. The van der Waals surface area contributed by atoms with Crippen LogP contribution < -0.4 is 5.32 Å². The number of hydrogen-bond acceptors (Lipinski definition) is 3. The van der Waals surface area contributed by atoms with Crippen molar-refractivity contribution in [1.82, 2.24) is 0 Å². The lowest BCUT2D eigenvalue weighted by atomic mass is 10.0. The van der Waals surface area contributed by atoms with E-state index < -0.39 is 0 Å². The number of thioether (sulfide) groups is 1. The SMILES string of the molecule is CC(C)c1ccccc1NC(=O)CSCc1cccc(C#N)c1. The van der Waals surface area contributed by atoms with Crippen LogP contribution in [0.5, 0.6) is 0 Å². The molecule has 0 heterocycles. The molecule has 0 atom stereocenters. The van der Waals surface area contributed by atoms with Crippen molar-refractivity contribution in [2.24, 2.45) is 0 Å². The van der Waals surface area contributed by atoms with E-state index in [0.717, 1.165) is 22.6 Å². The molecule has 0 saturated carbocycles. The third-order valence-corrected chi connectivity index (χ3v) is 4.42. The van der Waals surface area contributed by atoms with Gasteiger partial charge in [0.1, 0.15) is 0 Å². The summed E-state index contributed by atoms with van der Waals surface area (Å²) in [6.45, 7) is 4.23. The van der Waals surface area contributed by atoms with Crippen LogP contribution >= 0.6 is 11.8 Å². The van der Waals surface area contributed by atoms with E-state index in [2.05, 4.69) is 25.2 Å². The number of anilines is 1. The van der Waals surface area contributed by atoms with Crippen molar-refractivity contribution >= 4 is 23.4 Å². The summed E-state index contributed by atoms with van der Waals surface area (Å²) in [5.41, 5.74) is 3.75. The zero-order valence-corrected chi connectivity index (χ0v) is 14.2. The van der Waals surface area contributed by atoms with E-state index in [1.54, 1.807) is 17.8 Å². The Balaban J connectivity index is 1.87. The van der Waals surface area contributed by atoms with Crippen molar-refractivity contribution in [1.29, 1.82) is 5.26 Å². The molecule has 0 aliphatic rings. The van der Waals surface area contributed by atoms with E-state index in [-0.39, 0.29) is 5.91 Å². The summed E-state index contributed by atoms with van der Waals surface area (Å²) < 4.78 is 0. The Morgan fingerprint density at radius 3 is 2.74 bits per heavy atom. The number of hydrogen-bond donors (Lipinski definition) is 1. The Kier molecular flexibility index (Phi) is 6.25. The van der Waals surface area contributed by atoms with Crippen molar-refractivity contribution < 1.29 is 4.79 Å². The summed E-state index contributed by atoms with van der Waals surface area (Å²) in [6.07, 6.45) is 0. The highest BCUT2D eigenvalue weighted by atomic mass is 32.2. The number of benzene rings is 2. The molecule has 23 heavy (non-hydrogen) atoms. The first-order valence-corrected chi connectivity index (χ1v) is 8.71. The third kappa shape index (κ3) is 5.15. The topological polar surface area (TPSA) is 52.9 Å². The second kappa shape index (κ2) is 8.40. The monoisotopic (exact) mass is 324 g/mol. The molecule has 0 saturated heterocycles. The minimum Gasteiger partial charge on any atom is -0.325 e. The van der Waals surface area contributed by atoms with E-state index in [0.29, 0.717) is 17.2 Å². The van der Waals surface area contributed by atoms with Gasteiger partial charge in [0.25, 0.3) is 0 Å². The number of amides is 1. The van der Waals surface area contributed by atoms with Crippen molar-refractivity contribution in [2.75, 3.05) is 11.1 Å². The summed E-state index contributed by atoms with van der Waals surface area (Å²) in [4.78, 5) is 12.1. The molecule has 2 aromatic carbocycles. The fourth-order valence-corrected chi connectivity index (χ4v) is 3.07. The molecule has 0 bridgehead atoms. The molecule has 4 heteroatoms. The quantitative estimate of drug-likeness (QED) is 0.848. The van der Waals surface area contributed by atoms with Gasteiger partial charge in [-0.15, -0.1) is 11.8 Å². The first kappa shape index (κ1) is 17.1. The van der Waals surface area contributed by atoms with Gasteiger partial charge < -0.3 is 5.32 Å². The summed E-state index contributed by atoms with van der Waals surface area (Å²) >= 11 is 1.55. The minimum atomic E-state index is -0.000428. The van der Waals surface area contributed by atoms with E-state index in [9.17, 15) is 4.79 Å². The van der Waals surface area contributed by atoms with Crippen LogP contribution in [0, 0.1) is 11.3 Å². The Hall–Kier alpha value is -2.25. The Bertz CT molecular complexity index is 719. The van der Waals surface area contributed by atoms with Gasteiger partial charge in [-0.1, -0.05) is 44.2 Å². The maximum Gasteiger partial charge on any atom is 0.234 e. The van der Waals surface area contributed by atoms with E-state index >= 15 is 0 Å². The van der Waals surface area contributed by atoms with Crippen LogP contribution in [0.4, 0.5) is 5.69 Å². The number of nitrogens with zero attached hydrogens (tertiary/aromatic N) is 1. The van der Waals surface area contributed by atoms with E-state index in [1.807, 2.05) is 42.5 Å². The smallest absolute Gasteiger partial charge is 0.234 e. The predicted molar refractivity (Wildman–Crippen MR) is 96.5 cm³/mol. The third-order valence-electron chi connectivity index (χ3n) is 3.41. The summed E-state index contributed by atoms with van der Waals surface area (Å²) in [5, 5.41) is 11.9. The molecule has 3 nitrogen and oxygen atoms in total. The largest absolute Gasteiger partial charge is 0.325 e. The second-order valence-electron chi connectivity index (χ2n) is 5.60. The maximum absolute atomic E-state index is 12.1. The van der Waals surface area contributed by atoms with Crippen LogP contribution in [0.2, 0.25) is 0 Å². The lowest BCUT2D eigenvalue weighted by Gasteiger charge is -2.13. The molecule has 1 N–H and O–H groups in total. The van der Waals surface area contributed by atoms with Crippen LogP contribution in [0.3, 0.4) is 0 Å². The zero-order valence-electron chi connectivity index (χ0n) is 13.4. The molecule has 2 aromatic rings. The molecule has 0 aliphatic carbocycles. The average Bonchev–Trinajstić information content (AvgIpc) is 2.55. The van der Waals surface area contributed by atoms with E-state index in [1.165, 1.54) is 0 Å².